The lowest BCUT2D eigenvalue weighted by Crippen LogP contribution is -2.37. The van der Waals surface area contributed by atoms with E-state index in [4.69, 9.17) is 73.5 Å². The molecule has 13 nitrogen and oxygen atoms in total. The van der Waals surface area contributed by atoms with Crippen molar-refractivity contribution in [3.8, 4) is 0 Å². The highest BCUT2D eigenvalue weighted by molar-refractivity contribution is 7.63. The summed E-state index contributed by atoms with van der Waals surface area (Å²) in [6.07, 6.45) is 4.32. The van der Waals surface area contributed by atoms with Gasteiger partial charge in [-0.05, 0) is 117 Å². The van der Waals surface area contributed by atoms with Gasteiger partial charge in [0.25, 0.3) is 0 Å². The molecule has 20 heteroatoms. The normalized spacial score (nSPS) is 21.0. The third kappa shape index (κ3) is 12.6. The number of rotatable bonds is 19. The van der Waals surface area contributed by atoms with E-state index < -0.39 is 45.2 Å². The number of hydrogen-bond acceptors (Lipinski definition) is 13. The number of ketones is 4. The summed E-state index contributed by atoms with van der Waals surface area (Å²) in [5, 5.41) is 1.47. The number of carbonyl (C=O) groups is 4. The van der Waals surface area contributed by atoms with Crippen molar-refractivity contribution in [2.45, 2.75) is 79.6 Å². The van der Waals surface area contributed by atoms with E-state index in [1.807, 2.05) is 34.6 Å². The maximum absolute atomic E-state index is 14.9. The second-order valence-electron chi connectivity index (χ2n) is 21.2. The molecule has 0 radical (unpaired) electrons. The molecule has 3 fully saturated rings. The predicted octanol–water partition coefficient (Wildman–Crippen LogP) is 15.5. The largest absolute Gasteiger partial charge is 0.362 e. The predicted molar refractivity (Wildman–Crippen MR) is 317 cm³/mol. The van der Waals surface area contributed by atoms with Gasteiger partial charge < -0.3 is 27.1 Å². The number of hydrogen-bond donors (Lipinski definition) is 0. The molecule has 3 aliphatic rings. The van der Waals surface area contributed by atoms with Crippen LogP contribution in [0.4, 0.5) is 0 Å². The van der Waals surface area contributed by atoms with E-state index in [1.165, 1.54) is 66.7 Å². The van der Waals surface area contributed by atoms with Gasteiger partial charge in [0.1, 0.15) is 0 Å². The lowest BCUT2D eigenvalue weighted by molar-refractivity contribution is 0.0126. The maximum atomic E-state index is 14.9. The van der Waals surface area contributed by atoms with Crippen molar-refractivity contribution in [3.63, 3.8) is 0 Å². The standard InChI is InChI=1S/C61H61Cl4O13P3/c1-6-59(7-2)33-73-79(70,74-34-59)48-23-17-42(18-24-48)56(67)49-25-19-44(30-53(49)81(72)77-35-60(8-3,9-4)36-78-81)58(69)51-32-46(63)29-43(54(51)65)27-28-61(10-5)37-75-80(71,76-38-61)47-21-15-40(16-22-47)55(66)39-11-13-41(14-12-39)57(68)50-31-45(62)20-26-52(50)64/h11-26,29-32H,6-10,27-28,33-38H2,1-5H3. The molecule has 0 unspecified atom stereocenters. The Morgan fingerprint density at radius 3 is 1.26 bits per heavy atom. The van der Waals surface area contributed by atoms with Crippen LogP contribution in [0.3, 0.4) is 0 Å². The van der Waals surface area contributed by atoms with E-state index in [-0.39, 0.29) is 110 Å². The van der Waals surface area contributed by atoms with Crippen molar-refractivity contribution in [2.75, 3.05) is 39.6 Å². The summed E-state index contributed by atoms with van der Waals surface area (Å²) in [5.41, 5.74) is 0.818. The first kappa shape index (κ1) is 61.2. The molecule has 0 aromatic heterocycles. The highest BCUT2D eigenvalue weighted by atomic mass is 35.5. The Morgan fingerprint density at radius 1 is 0.407 bits per heavy atom. The second-order valence-corrected chi connectivity index (χ2v) is 28.9. The van der Waals surface area contributed by atoms with Gasteiger partial charge in [0.2, 0.25) is 0 Å². The zero-order valence-corrected chi connectivity index (χ0v) is 51.1. The Labute approximate surface area is 492 Å². The lowest BCUT2D eigenvalue weighted by Gasteiger charge is -2.39. The minimum Gasteiger partial charge on any atom is -0.305 e. The van der Waals surface area contributed by atoms with Gasteiger partial charge in [0.15, 0.2) is 23.1 Å². The van der Waals surface area contributed by atoms with Crippen molar-refractivity contribution in [1.29, 1.82) is 0 Å². The fourth-order valence-electron chi connectivity index (χ4n) is 10.00. The molecule has 81 heavy (non-hydrogen) atoms. The van der Waals surface area contributed by atoms with E-state index in [9.17, 15) is 32.9 Å². The van der Waals surface area contributed by atoms with E-state index in [0.717, 1.165) is 12.8 Å². The Balaban J connectivity index is 0.894. The summed E-state index contributed by atoms with van der Waals surface area (Å²) < 4.78 is 79.0. The highest BCUT2D eigenvalue weighted by Crippen LogP contribution is 2.57. The molecule has 3 saturated heterocycles. The highest BCUT2D eigenvalue weighted by Gasteiger charge is 2.46. The fraction of sp³-hybridized carbons (Fsp3) is 0.344. The monoisotopic (exact) mass is 1230 g/mol. The van der Waals surface area contributed by atoms with E-state index >= 15 is 0 Å². The van der Waals surface area contributed by atoms with Gasteiger partial charge >= 0.3 is 22.8 Å². The molecule has 0 N–H and O–H groups in total. The van der Waals surface area contributed by atoms with Crippen molar-refractivity contribution in [3.05, 3.63) is 191 Å². The van der Waals surface area contributed by atoms with Crippen LogP contribution in [-0.4, -0.2) is 62.8 Å². The van der Waals surface area contributed by atoms with Gasteiger partial charge in [0.05, 0.1) is 65.6 Å². The zero-order chi connectivity index (χ0) is 58.1. The van der Waals surface area contributed by atoms with Gasteiger partial charge in [-0.3, -0.25) is 32.9 Å². The third-order valence-corrected chi connectivity index (χ3v) is 23.4. The molecule has 9 rings (SSSR count). The van der Waals surface area contributed by atoms with E-state index in [1.54, 1.807) is 54.6 Å². The van der Waals surface area contributed by atoms with Crippen LogP contribution in [0.15, 0.2) is 121 Å². The van der Waals surface area contributed by atoms with Gasteiger partial charge in [-0.15, -0.1) is 0 Å². The molecule has 3 heterocycles. The summed E-state index contributed by atoms with van der Waals surface area (Å²) >= 11 is 26.1. The first-order valence-electron chi connectivity index (χ1n) is 26.8. The SMILES string of the molecule is CCC1(CC)COP(=O)(c2ccc(C(=O)c3ccc(C(=O)c4cc(Cl)cc(CCC5(CC)COP(=O)(c6ccc(C(=O)c7ccc(C(=O)c8cc(Cl)ccc8Cl)cc7)cc6)OC5)c4Cl)cc3P3(=O)OCC(CC)(CC)CO3)cc2)OC1. The molecule has 3 aliphatic heterocycles. The van der Waals surface area contributed by atoms with Crippen LogP contribution in [0.1, 0.15) is 142 Å². The molecule has 0 saturated carbocycles. The van der Waals surface area contributed by atoms with Crippen LogP contribution < -0.4 is 15.9 Å². The third-order valence-electron chi connectivity index (χ3n) is 16.5. The Hall–Kier alpha value is -4.39. The number of carbonyl (C=O) groups excluding carboxylic acids is 4. The molecule has 0 spiro atoms. The summed E-state index contributed by atoms with van der Waals surface area (Å²) in [4.78, 5) is 55.7. The van der Waals surface area contributed by atoms with Crippen LogP contribution in [0.5, 0.6) is 0 Å². The van der Waals surface area contributed by atoms with Crippen molar-refractivity contribution in [2.24, 2.45) is 16.2 Å². The molecule has 0 amide bonds. The smallest absolute Gasteiger partial charge is 0.305 e. The molecular formula is C61H61Cl4O13P3. The molecule has 426 valence electrons. The molecule has 0 bridgehead atoms. The minimum atomic E-state index is -4.22. The first-order valence-corrected chi connectivity index (χ1v) is 33.0. The number of benzene rings is 6. The average Bonchev–Trinajstić information content (AvgIpc) is 3.50. The van der Waals surface area contributed by atoms with Crippen LogP contribution in [0.25, 0.3) is 0 Å². The van der Waals surface area contributed by atoms with Crippen LogP contribution in [0, 0.1) is 16.2 Å². The van der Waals surface area contributed by atoms with Crippen LogP contribution >= 0.6 is 69.2 Å². The zero-order valence-electron chi connectivity index (χ0n) is 45.4. The van der Waals surface area contributed by atoms with Crippen molar-refractivity contribution < 1.29 is 60.0 Å². The number of aryl methyl sites for hydroxylation is 1. The molecule has 6 aromatic carbocycles. The molecule has 0 aliphatic carbocycles. The van der Waals surface area contributed by atoms with Gasteiger partial charge in [-0.2, -0.15) is 0 Å². The number of halogens is 4. The summed E-state index contributed by atoms with van der Waals surface area (Å²) in [7, 11) is -11.7. The van der Waals surface area contributed by atoms with Crippen LogP contribution in [0.2, 0.25) is 20.1 Å². The van der Waals surface area contributed by atoms with Crippen molar-refractivity contribution in [1.82, 2.24) is 0 Å². The maximum Gasteiger partial charge on any atom is 0.362 e. The summed E-state index contributed by atoms with van der Waals surface area (Å²) in [6, 6.07) is 30.4. The second kappa shape index (κ2) is 24.7. The van der Waals surface area contributed by atoms with Crippen molar-refractivity contribution >= 4 is 108 Å². The average molecular weight is 1240 g/mol. The molecular weight excluding hydrogens is 1180 g/mol. The van der Waals surface area contributed by atoms with Gasteiger partial charge in [-0.25, -0.2) is 0 Å². The molecule has 6 aromatic rings. The van der Waals surface area contributed by atoms with E-state index in [0.29, 0.717) is 64.7 Å². The van der Waals surface area contributed by atoms with Crippen LogP contribution in [-0.2, 0) is 47.3 Å². The summed E-state index contributed by atoms with van der Waals surface area (Å²) in [6.45, 7) is 10.9. The first-order chi connectivity index (χ1) is 38.6. The summed E-state index contributed by atoms with van der Waals surface area (Å²) in [5.74, 6) is -1.76. The van der Waals surface area contributed by atoms with E-state index in [2.05, 4.69) is 0 Å². The van der Waals surface area contributed by atoms with Gasteiger partial charge in [-0.1, -0.05) is 136 Å². The Kier molecular flexibility index (Phi) is 18.6. The topological polar surface area (TPSA) is 175 Å². The quantitative estimate of drug-likeness (QED) is 0.0554. The van der Waals surface area contributed by atoms with Gasteiger partial charge in [0, 0.05) is 70.8 Å². The Bertz CT molecular complexity index is 3520. The Morgan fingerprint density at radius 2 is 0.790 bits per heavy atom. The molecule has 0 atom stereocenters. The lowest BCUT2D eigenvalue weighted by atomic mass is 9.81. The minimum absolute atomic E-state index is 0.0111. The fourth-order valence-corrected chi connectivity index (χ4v) is 16.5.